The first kappa shape index (κ1) is 21.2. The van der Waals surface area contributed by atoms with Gasteiger partial charge in [0.15, 0.2) is 11.5 Å². The fourth-order valence-corrected chi connectivity index (χ4v) is 3.83. The number of hydrogen-bond acceptors (Lipinski definition) is 7. The van der Waals surface area contributed by atoms with Crippen molar-refractivity contribution >= 4 is 44.7 Å². The topological polar surface area (TPSA) is 94.9 Å². The van der Waals surface area contributed by atoms with Gasteiger partial charge in [-0.3, -0.25) is 10.2 Å². The molecule has 2 aromatic rings. The van der Waals surface area contributed by atoms with E-state index < -0.39 is 5.60 Å². The highest BCUT2D eigenvalue weighted by Gasteiger charge is 2.31. The van der Waals surface area contributed by atoms with Crippen molar-refractivity contribution in [2.75, 3.05) is 23.9 Å². The lowest BCUT2D eigenvalue weighted by molar-refractivity contribution is 0.0276. The lowest BCUT2D eigenvalue weighted by atomic mass is 10.2. The Morgan fingerprint density at radius 1 is 1.41 bits per heavy atom. The number of carbonyl (C=O) groups is 1. The van der Waals surface area contributed by atoms with Crippen molar-refractivity contribution in [2.24, 2.45) is 0 Å². The fourth-order valence-electron chi connectivity index (χ4n) is 2.77. The molecule has 9 heteroatoms. The number of allylic oxidation sites excluding steroid dienone is 1. The SMILES string of the molecule is COc1cc(N2Cc3cc(N/C=C\C(=N)Cl)sc3C2=O)ccc1OCC(C)(C)O. The van der Waals surface area contributed by atoms with Gasteiger partial charge in [-0.05, 0) is 43.7 Å². The highest BCUT2D eigenvalue weighted by atomic mass is 35.5. The number of ether oxygens (including phenoxy) is 2. The number of nitrogens with one attached hydrogen (secondary N) is 2. The average Bonchev–Trinajstić information content (AvgIpc) is 3.18. The van der Waals surface area contributed by atoms with E-state index >= 15 is 0 Å². The Bertz CT molecular complexity index is 965. The summed E-state index contributed by atoms with van der Waals surface area (Å²) < 4.78 is 11.0. The Morgan fingerprint density at radius 3 is 2.79 bits per heavy atom. The van der Waals surface area contributed by atoms with Gasteiger partial charge in [0.1, 0.15) is 11.8 Å². The Hall–Kier alpha value is -2.55. The molecule has 1 amide bonds. The number of carbonyl (C=O) groups excluding carboxylic acids is 1. The van der Waals surface area contributed by atoms with Crippen LogP contribution in [0.3, 0.4) is 0 Å². The summed E-state index contributed by atoms with van der Waals surface area (Å²) in [5.74, 6) is 0.910. The average molecular weight is 436 g/mol. The summed E-state index contributed by atoms with van der Waals surface area (Å²) in [6.07, 6.45) is 2.99. The lowest BCUT2D eigenvalue weighted by Crippen LogP contribution is -2.28. The molecule has 0 atom stereocenters. The van der Waals surface area contributed by atoms with Gasteiger partial charge in [0.25, 0.3) is 5.91 Å². The molecule has 0 saturated carbocycles. The number of hydrogen-bond donors (Lipinski definition) is 3. The molecule has 3 rings (SSSR count). The second-order valence-corrected chi connectivity index (χ2v) is 8.58. The second kappa shape index (κ2) is 8.44. The highest BCUT2D eigenvalue weighted by molar-refractivity contribution is 7.18. The van der Waals surface area contributed by atoms with Gasteiger partial charge < -0.3 is 24.8 Å². The molecule has 154 valence electrons. The molecule has 0 bridgehead atoms. The third kappa shape index (κ3) is 5.09. The maximum absolute atomic E-state index is 12.9. The largest absolute Gasteiger partial charge is 0.493 e. The van der Waals surface area contributed by atoms with Crippen LogP contribution in [0.1, 0.15) is 29.1 Å². The minimum Gasteiger partial charge on any atom is -0.493 e. The summed E-state index contributed by atoms with van der Waals surface area (Å²) in [5.41, 5.74) is 0.669. The standard InChI is InChI=1S/C20H22ClN3O4S/c1-20(2,26)11-28-14-5-4-13(9-15(14)27-3)24-10-12-8-17(23-7-6-16(21)22)29-18(12)19(24)25/h4-9,22-23,26H,10-11H2,1-3H3/b7-6-,22-16?. The van der Waals surface area contributed by atoms with Crippen LogP contribution in [0.5, 0.6) is 11.5 Å². The molecule has 0 unspecified atom stereocenters. The Kier molecular flexibility index (Phi) is 6.16. The van der Waals surface area contributed by atoms with Crippen LogP contribution in [-0.4, -0.2) is 35.5 Å². The third-order valence-electron chi connectivity index (χ3n) is 4.07. The number of fused-ring (bicyclic) bond motifs is 1. The summed E-state index contributed by atoms with van der Waals surface area (Å²) in [7, 11) is 1.53. The number of methoxy groups -OCH3 is 1. The van der Waals surface area contributed by atoms with Gasteiger partial charge >= 0.3 is 0 Å². The van der Waals surface area contributed by atoms with Crippen molar-refractivity contribution in [3.8, 4) is 11.5 Å². The van der Waals surface area contributed by atoms with E-state index in [9.17, 15) is 9.90 Å². The summed E-state index contributed by atoms with van der Waals surface area (Å²) in [5, 5.41) is 20.8. The van der Waals surface area contributed by atoms with E-state index in [1.165, 1.54) is 24.5 Å². The second-order valence-electron chi connectivity index (χ2n) is 7.12. The van der Waals surface area contributed by atoms with Crippen molar-refractivity contribution in [2.45, 2.75) is 26.0 Å². The van der Waals surface area contributed by atoms with Crippen LogP contribution in [0.2, 0.25) is 0 Å². The number of halogens is 1. The summed E-state index contributed by atoms with van der Waals surface area (Å²) in [4.78, 5) is 15.2. The van der Waals surface area contributed by atoms with Crippen LogP contribution in [0.4, 0.5) is 10.7 Å². The first-order chi connectivity index (χ1) is 13.7. The Balaban J connectivity index is 1.74. The number of nitrogens with zero attached hydrogens (tertiary/aromatic N) is 1. The molecule has 0 spiro atoms. The zero-order valence-electron chi connectivity index (χ0n) is 16.3. The van der Waals surface area contributed by atoms with Crippen molar-refractivity contribution in [3.63, 3.8) is 0 Å². The quantitative estimate of drug-likeness (QED) is 0.540. The number of amides is 1. The molecule has 1 aliphatic rings. The maximum atomic E-state index is 12.9. The van der Waals surface area contributed by atoms with Gasteiger partial charge in [-0.25, -0.2) is 0 Å². The molecule has 2 heterocycles. The molecule has 1 aromatic carbocycles. The molecular formula is C20H22ClN3O4S. The zero-order valence-corrected chi connectivity index (χ0v) is 17.9. The molecule has 29 heavy (non-hydrogen) atoms. The first-order valence-electron chi connectivity index (χ1n) is 8.83. The summed E-state index contributed by atoms with van der Waals surface area (Å²) in [6, 6.07) is 7.20. The van der Waals surface area contributed by atoms with E-state index in [1.54, 1.807) is 43.1 Å². The molecule has 0 radical (unpaired) electrons. The number of anilines is 2. The smallest absolute Gasteiger partial charge is 0.269 e. The number of benzene rings is 1. The molecular weight excluding hydrogens is 414 g/mol. The van der Waals surface area contributed by atoms with E-state index in [-0.39, 0.29) is 17.7 Å². The fraction of sp³-hybridized carbons (Fsp3) is 0.300. The zero-order chi connectivity index (χ0) is 21.2. The van der Waals surface area contributed by atoms with Gasteiger partial charge in [-0.1, -0.05) is 11.6 Å². The van der Waals surface area contributed by atoms with Gasteiger partial charge in [0.2, 0.25) is 0 Å². The van der Waals surface area contributed by atoms with E-state index in [1.807, 2.05) is 6.07 Å². The number of thiophene rings is 1. The van der Waals surface area contributed by atoms with Gasteiger partial charge in [0.05, 0.1) is 29.1 Å². The monoisotopic (exact) mass is 435 g/mol. The first-order valence-corrected chi connectivity index (χ1v) is 10.0. The van der Waals surface area contributed by atoms with Crippen LogP contribution in [0.25, 0.3) is 0 Å². The van der Waals surface area contributed by atoms with Crippen LogP contribution in [-0.2, 0) is 6.54 Å². The van der Waals surface area contributed by atoms with Crippen LogP contribution >= 0.6 is 22.9 Å². The molecule has 0 saturated heterocycles. The van der Waals surface area contributed by atoms with Crippen molar-refractivity contribution < 1.29 is 19.4 Å². The van der Waals surface area contributed by atoms with Crippen LogP contribution < -0.4 is 19.7 Å². The molecule has 1 aromatic heterocycles. The molecule has 0 fully saturated rings. The van der Waals surface area contributed by atoms with Gasteiger partial charge in [-0.15, -0.1) is 11.3 Å². The minimum absolute atomic E-state index is 0.0761. The Morgan fingerprint density at radius 2 is 2.17 bits per heavy atom. The van der Waals surface area contributed by atoms with E-state index in [4.69, 9.17) is 26.5 Å². The maximum Gasteiger partial charge on any atom is 0.269 e. The van der Waals surface area contributed by atoms with Crippen LogP contribution in [0.15, 0.2) is 36.5 Å². The van der Waals surface area contributed by atoms with E-state index in [2.05, 4.69) is 5.32 Å². The molecule has 3 N–H and O–H groups in total. The normalized spacial score (nSPS) is 13.7. The van der Waals surface area contributed by atoms with E-state index in [0.29, 0.717) is 28.6 Å². The summed E-state index contributed by atoms with van der Waals surface area (Å²) >= 11 is 6.83. The van der Waals surface area contributed by atoms with Gasteiger partial charge in [0, 0.05) is 18.0 Å². The molecule has 1 aliphatic heterocycles. The van der Waals surface area contributed by atoms with E-state index in [0.717, 1.165) is 10.6 Å². The lowest BCUT2D eigenvalue weighted by Gasteiger charge is -2.21. The third-order valence-corrected chi connectivity index (χ3v) is 5.29. The number of aliphatic hydroxyl groups is 1. The molecule has 0 aliphatic carbocycles. The van der Waals surface area contributed by atoms with Crippen molar-refractivity contribution in [1.82, 2.24) is 0 Å². The predicted molar refractivity (Wildman–Crippen MR) is 116 cm³/mol. The van der Waals surface area contributed by atoms with Crippen molar-refractivity contribution in [3.05, 3.63) is 47.0 Å². The summed E-state index contributed by atoms with van der Waals surface area (Å²) in [6.45, 7) is 3.89. The minimum atomic E-state index is -0.964. The predicted octanol–water partition coefficient (Wildman–Crippen LogP) is 4.21. The van der Waals surface area contributed by atoms with Gasteiger partial charge in [-0.2, -0.15) is 0 Å². The highest BCUT2D eigenvalue weighted by Crippen LogP contribution is 2.39. The Labute approximate surface area is 178 Å². The molecule has 7 nitrogen and oxygen atoms in total. The van der Waals surface area contributed by atoms with Crippen LogP contribution in [0, 0.1) is 5.41 Å². The number of rotatable bonds is 8. The van der Waals surface area contributed by atoms with Crippen molar-refractivity contribution in [1.29, 1.82) is 5.41 Å².